The summed E-state index contributed by atoms with van der Waals surface area (Å²) in [7, 11) is 0. The van der Waals surface area contributed by atoms with E-state index in [1.54, 1.807) is 0 Å². The Morgan fingerprint density at radius 2 is 1.39 bits per heavy atom. The van der Waals surface area contributed by atoms with E-state index in [4.69, 9.17) is 9.47 Å². The van der Waals surface area contributed by atoms with Gasteiger partial charge in [0, 0.05) is 15.9 Å². The highest BCUT2D eigenvalue weighted by atomic mass is 127. The maximum absolute atomic E-state index is 12.0. The minimum absolute atomic E-state index is 0.345. The maximum Gasteiger partial charge on any atom is 0.260 e. The Kier molecular flexibility index (Phi) is 8.03. The van der Waals surface area contributed by atoms with Crippen molar-refractivity contribution in [1.29, 1.82) is 0 Å². The van der Waals surface area contributed by atoms with Crippen LogP contribution in [0.1, 0.15) is 28.3 Å². The molecule has 0 bridgehead atoms. The molecule has 6 heteroatoms. The van der Waals surface area contributed by atoms with Crippen molar-refractivity contribution in [3.8, 4) is 11.6 Å². The van der Waals surface area contributed by atoms with Crippen LogP contribution in [0.5, 0.6) is 11.6 Å². The van der Waals surface area contributed by atoms with E-state index in [0.717, 1.165) is 26.5 Å². The Balaban J connectivity index is 1.61. The summed E-state index contributed by atoms with van der Waals surface area (Å²) in [5.74, 6) is 0.486. The van der Waals surface area contributed by atoms with Crippen LogP contribution in [0.15, 0.2) is 91.3 Å². The van der Waals surface area contributed by atoms with E-state index >= 15 is 0 Å². The van der Waals surface area contributed by atoms with Crippen molar-refractivity contribution in [1.82, 2.24) is 9.97 Å². The highest BCUT2D eigenvalue weighted by molar-refractivity contribution is 14.1. The Morgan fingerprint density at radius 3 is 2.00 bits per heavy atom. The Labute approximate surface area is 207 Å². The van der Waals surface area contributed by atoms with Crippen LogP contribution in [-0.2, 0) is 24.4 Å². The zero-order valence-electron chi connectivity index (χ0n) is 17.9. The number of aromatic nitrogens is 2. The molecular weight excluding hydrogens is 527 g/mol. The fourth-order valence-electron chi connectivity index (χ4n) is 3.40. The molecular formula is C27H23IN2O3. The van der Waals surface area contributed by atoms with Gasteiger partial charge >= 0.3 is 0 Å². The van der Waals surface area contributed by atoms with E-state index in [1.165, 1.54) is 6.33 Å². The SMILES string of the molecule is O=CC(Cc1ncnc(OCc2ccccc2)c1OCc1ccccc1)c1ccc(I)cc1. The lowest BCUT2D eigenvalue weighted by Crippen LogP contribution is -2.10. The van der Waals surface area contributed by atoms with Gasteiger partial charge in [-0.3, -0.25) is 0 Å². The van der Waals surface area contributed by atoms with Crippen LogP contribution in [-0.4, -0.2) is 16.3 Å². The van der Waals surface area contributed by atoms with E-state index in [2.05, 4.69) is 32.6 Å². The van der Waals surface area contributed by atoms with Crippen LogP contribution < -0.4 is 9.47 Å². The largest absolute Gasteiger partial charge is 0.482 e. The zero-order valence-corrected chi connectivity index (χ0v) is 20.1. The van der Waals surface area contributed by atoms with Crippen molar-refractivity contribution < 1.29 is 14.3 Å². The average Bonchev–Trinajstić information content (AvgIpc) is 2.87. The number of carbonyl (C=O) groups is 1. The standard InChI is InChI=1S/C27H23IN2O3/c28-24-13-11-22(12-14-24)23(16-31)15-25-26(32-17-20-7-3-1-4-8-20)27(30-19-29-25)33-18-21-9-5-2-6-10-21/h1-14,16,19,23H,15,17-18H2. The number of hydrogen-bond donors (Lipinski definition) is 0. The molecule has 0 N–H and O–H groups in total. The highest BCUT2D eigenvalue weighted by Gasteiger charge is 2.20. The number of carbonyl (C=O) groups excluding carboxylic acids is 1. The molecule has 0 saturated heterocycles. The predicted molar refractivity (Wildman–Crippen MR) is 135 cm³/mol. The number of benzene rings is 3. The summed E-state index contributed by atoms with van der Waals surface area (Å²) in [6, 6.07) is 27.7. The van der Waals surface area contributed by atoms with Crippen LogP contribution in [0.4, 0.5) is 0 Å². The lowest BCUT2D eigenvalue weighted by Gasteiger charge is -2.17. The Bertz CT molecular complexity index is 1170. The molecule has 0 aliphatic carbocycles. The van der Waals surface area contributed by atoms with E-state index in [-0.39, 0.29) is 5.92 Å². The topological polar surface area (TPSA) is 61.3 Å². The van der Waals surface area contributed by atoms with Crippen molar-refractivity contribution in [3.05, 3.63) is 117 Å². The summed E-state index contributed by atoms with van der Waals surface area (Å²) in [5, 5.41) is 0. The van der Waals surface area contributed by atoms with Gasteiger partial charge in [-0.2, -0.15) is 4.98 Å². The third-order valence-corrected chi connectivity index (χ3v) is 5.88. The number of nitrogens with zero attached hydrogens (tertiary/aromatic N) is 2. The molecule has 5 nitrogen and oxygen atoms in total. The average molecular weight is 550 g/mol. The number of ether oxygens (including phenoxy) is 2. The first-order valence-electron chi connectivity index (χ1n) is 10.6. The van der Waals surface area contributed by atoms with Crippen molar-refractivity contribution in [2.75, 3.05) is 0 Å². The summed E-state index contributed by atoms with van der Waals surface area (Å²) in [6.45, 7) is 0.700. The molecule has 33 heavy (non-hydrogen) atoms. The Hall–Kier alpha value is -3.26. The summed E-state index contributed by atoms with van der Waals surface area (Å²) >= 11 is 2.25. The van der Waals surface area contributed by atoms with Crippen molar-refractivity contribution in [3.63, 3.8) is 0 Å². The van der Waals surface area contributed by atoms with Crippen molar-refractivity contribution in [2.24, 2.45) is 0 Å². The first-order valence-corrected chi connectivity index (χ1v) is 11.7. The molecule has 3 aromatic carbocycles. The van der Waals surface area contributed by atoms with Gasteiger partial charge in [0.1, 0.15) is 25.8 Å². The number of rotatable bonds is 10. The zero-order chi connectivity index (χ0) is 22.9. The fourth-order valence-corrected chi connectivity index (χ4v) is 3.76. The first-order chi connectivity index (χ1) is 16.2. The molecule has 1 aromatic heterocycles. The third kappa shape index (κ3) is 6.38. The minimum atomic E-state index is -0.349. The van der Waals surface area contributed by atoms with Gasteiger partial charge in [-0.15, -0.1) is 0 Å². The summed E-state index contributed by atoms with van der Waals surface area (Å²) in [4.78, 5) is 20.8. The van der Waals surface area contributed by atoms with Crippen molar-refractivity contribution in [2.45, 2.75) is 25.6 Å². The van der Waals surface area contributed by atoms with Gasteiger partial charge in [0.15, 0.2) is 0 Å². The van der Waals surface area contributed by atoms with Gasteiger partial charge in [0.2, 0.25) is 5.75 Å². The Morgan fingerprint density at radius 1 is 0.788 bits per heavy atom. The quantitative estimate of drug-likeness (QED) is 0.186. The molecule has 0 spiro atoms. The first kappa shape index (κ1) is 22.9. The molecule has 4 aromatic rings. The highest BCUT2D eigenvalue weighted by Crippen LogP contribution is 2.32. The van der Waals surface area contributed by atoms with Gasteiger partial charge in [0.25, 0.3) is 5.88 Å². The van der Waals surface area contributed by atoms with Gasteiger partial charge < -0.3 is 14.3 Å². The number of halogens is 1. The molecule has 0 fully saturated rings. The number of hydrogen-bond acceptors (Lipinski definition) is 5. The van der Waals surface area contributed by atoms with Crippen LogP contribution in [0.2, 0.25) is 0 Å². The summed E-state index contributed by atoms with van der Waals surface area (Å²) < 4.78 is 13.3. The van der Waals surface area contributed by atoms with Gasteiger partial charge in [-0.1, -0.05) is 72.8 Å². The van der Waals surface area contributed by atoms with E-state index in [0.29, 0.717) is 37.0 Å². The van der Waals surface area contributed by atoms with Gasteiger partial charge in [0.05, 0.1) is 5.69 Å². The van der Waals surface area contributed by atoms with Crippen LogP contribution in [0.3, 0.4) is 0 Å². The van der Waals surface area contributed by atoms with E-state index < -0.39 is 0 Å². The molecule has 1 heterocycles. The molecule has 0 aliphatic heterocycles. The number of aldehydes is 1. The molecule has 0 amide bonds. The molecule has 0 radical (unpaired) electrons. The second kappa shape index (κ2) is 11.6. The molecule has 1 atom stereocenters. The lowest BCUT2D eigenvalue weighted by atomic mass is 9.95. The van der Waals surface area contributed by atoms with E-state index in [1.807, 2.05) is 84.9 Å². The van der Waals surface area contributed by atoms with Crippen LogP contribution in [0.25, 0.3) is 0 Å². The smallest absolute Gasteiger partial charge is 0.260 e. The lowest BCUT2D eigenvalue weighted by molar-refractivity contribution is -0.109. The molecule has 1 unspecified atom stereocenters. The van der Waals surface area contributed by atoms with Gasteiger partial charge in [-0.25, -0.2) is 4.98 Å². The predicted octanol–water partition coefficient (Wildman–Crippen LogP) is 5.76. The molecule has 0 saturated carbocycles. The molecule has 4 rings (SSSR count). The van der Waals surface area contributed by atoms with Crippen molar-refractivity contribution >= 4 is 28.9 Å². The normalized spacial score (nSPS) is 11.5. The van der Waals surface area contributed by atoms with E-state index in [9.17, 15) is 4.79 Å². The van der Waals surface area contributed by atoms with Crippen LogP contribution in [0, 0.1) is 3.57 Å². The van der Waals surface area contributed by atoms with Gasteiger partial charge in [-0.05, 0) is 51.4 Å². The fraction of sp³-hybridized carbons (Fsp3) is 0.148. The molecule has 0 aliphatic rings. The molecule has 166 valence electrons. The summed E-state index contributed by atoms with van der Waals surface area (Å²) in [6.07, 6.45) is 2.80. The third-order valence-electron chi connectivity index (χ3n) is 5.16. The van der Waals surface area contributed by atoms with Crippen LogP contribution >= 0.6 is 22.6 Å². The second-order valence-electron chi connectivity index (χ2n) is 7.50. The second-order valence-corrected chi connectivity index (χ2v) is 8.75. The monoisotopic (exact) mass is 550 g/mol. The minimum Gasteiger partial charge on any atom is -0.482 e. The maximum atomic E-state index is 12.0. The summed E-state index contributed by atoms with van der Waals surface area (Å²) in [5.41, 5.74) is 3.62.